The van der Waals surface area contributed by atoms with Crippen molar-refractivity contribution in [3.8, 4) is 11.5 Å². The minimum Gasteiger partial charge on any atom is -0.497 e. The molecule has 0 atom stereocenters. The Hall–Kier alpha value is -4.13. The maximum atomic E-state index is 13.0. The van der Waals surface area contributed by atoms with Gasteiger partial charge in [-0.15, -0.1) is 0 Å². The van der Waals surface area contributed by atoms with E-state index in [0.29, 0.717) is 22.7 Å². The number of rotatable bonds is 8. The van der Waals surface area contributed by atoms with E-state index in [1.165, 1.54) is 20.3 Å². The van der Waals surface area contributed by atoms with Crippen LogP contribution in [-0.2, 0) is 9.53 Å². The lowest BCUT2D eigenvalue weighted by molar-refractivity contribution is -0.119. The lowest BCUT2D eigenvalue weighted by atomic mass is 9.96. The van der Waals surface area contributed by atoms with Crippen molar-refractivity contribution in [1.29, 1.82) is 0 Å². The number of methoxy groups -OCH3 is 2. The monoisotopic (exact) mass is 447 g/mol. The first-order chi connectivity index (χ1) is 15.8. The summed E-state index contributed by atoms with van der Waals surface area (Å²) in [5.41, 5.74) is 3.20. The highest BCUT2D eigenvalue weighted by molar-refractivity contribution is 6.14. The van der Waals surface area contributed by atoms with E-state index in [9.17, 15) is 14.4 Å². The Bertz CT molecular complexity index is 1200. The number of carbonyl (C=O) groups is 3. The molecule has 0 bridgehead atoms. The molecule has 3 aromatic rings. The van der Waals surface area contributed by atoms with E-state index in [1.807, 2.05) is 19.9 Å². The fraction of sp³-hybridized carbons (Fsp3) is 0.192. The number of anilines is 1. The average molecular weight is 447 g/mol. The van der Waals surface area contributed by atoms with Crippen LogP contribution in [0.5, 0.6) is 11.5 Å². The molecule has 3 aromatic carbocycles. The van der Waals surface area contributed by atoms with Crippen molar-refractivity contribution < 1.29 is 28.6 Å². The SMILES string of the molecule is COc1ccc(OC)c(NC(=O)COC(=O)c2ccccc2C(=O)c2ccc(C)c(C)c2)c1. The first kappa shape index (κ1) is 23.5. The minimum absolute atomic E-state index is 0.0903. The molecule has 1 N–H and O–H groups in total. The number of ketones is 1. The fourth-order valence-electron chi connectivity index (χ4n) is 3.20. The van der Waals surface area contributed by atoms with Crippen molar-refractivity contribution in [3.63, 3.8) is 0 Å². The van der Waals surface area contributed by atoms with Gasteiger partial charge in [0.1, 0.15) is 11.5 Å². The Labute approximate surface area is 192 Å². The van der Waals surface area contributed by atoms with Gasteiger partial charge in [0, 0.05) is 17.2 Å². The first-order valence-corrected chi connectivity index (χ1v) is 10.2. The van der Waals surface area contributed by atoms with Crippen molar-refractivity contribution in [3.05, 3.63) is 88.5 Å². The van der Waals surface area contributed by atoms with E-state index >= 15 is 0 Å². The third kappa shape index (κ3) is 5.57. The summed E-state index contributed by atoms with van der Waals surface area (Å²) in [7, 11) is 2.98. The quantitative estimate of drug-likeness (QED) is 0.408. The number of ether oxygens (including phenoxy) is 3. The van der Waals surface area contributed by atoms with Gasteiger partial charge in [-0.2, -0.15) is 0 Å². The zero-order valence-electron chi connectivity index (χ0n) is 18.9. The molecule has 3 rings (SSSR count). The van der Waals surface area contributed by atoms with Crippen LogP contribution in [0, 0.1) is 13.8 Å². The van der Waals surface area contributed by atoms with Crippen LogP contribution in [-0.4, -0.2) is 38.5 Å². The zero-order chi connectivity index (χ0) is 24.0. The lowest BCUT2D eigenvalue weighted by Crippen LogP contribution is -2.22. The second-order valence-corrected chi connectivity index (χ2v) is 7.36. The second-order valence-electron chi connectivity index (χ2n) is 7.36. The largest absolute Gasteiger partial charge is 0.497 e. The Kier molecular flexibility index (Phi) is 7.46. The summed E-state index contributed by atoms with van der Waals surface area (Å²) in [6.45, 7) is 3.34. The maximum absolute atomic E-state index is 13.0. The molecule has 0 saturated heterocycles. The average Bonchev–Trinajstić information content (AvgIpc) is 2.83. The van der Waals surface area contributed by atoms with Crippen LogP contribution in [0.25, 0.3) is 0 Å². The molecule has 170 valence electrons. The van der Waals surface area contributed by atoms with E-state index < -0.39 is 18.5 Å². The summed E-state index contributed by atoms with van der Waals surface area (Å²) < 4.78 is 15.6. The van der Waals surface area contributed by atoms with E-state index in [2.05, 4.69) is 5.32 Å². The smallest absolute Gasteiger partial charge is 0.339 e. The van der Waals surface area contributed by atoms with Crippen LogP contribution < -0.4 is 14.8 Å². The highest BCUT2D eigenvalue weighted by Crippen LogP contribution is 2.28. The van der Waals surface area contributed by atoms with Gasteiger partial charge in [0.2, 0.25) is 0 Å². The number of carbonyl (C=O) groups excluding carboxylic acids is 3. The van der Waals surface area contributed by atoms with Crippen LogP contribution in [0.1, 0.15) is 37.4 Å². The van der Waals surface area contributed by atoms with Gasteiger partial charge in [-0.05, 0) is 49.2 Å². The van der Waals surface area contributed by atoms with E-state index in [0.717, 1.165) is 11.1 Å². The molecule has 0 fully saturated rings. The Morgan fingerprint density at radius 3 is 2.21 bits per heavy atom. The van der Waals surface area contributed by atoms with Gasteiger partial charge in [0.05, 0.1) is 25.5 Å². The predicted molar refractivity (Wildman–Crippen MR) is 124 cm³/mol. The summed E-state index contributed by atoms with van der Waals surface area (Å²) in [5, 5.41) is 2.63. The Morgan fingerprint density at radius 1 is 0.818 bits per heavy atom. The normalized spacial score (nSPS) is 10.3. The first-order valence-electron chi connectivity index (χ1n) is 10.2. The number of hydrogen-bond acceptors (Lipinski definition) is 6. The molecule has 0 spiro atoms. The van der Waals surface area contributed by atoms with Crippen LogP contribution in [0.2, 0.25) is 0 Å². The summed E-state index contributed by atoms with van der Waals surface area (Å²) in [5.74, 6) is -0.665. The number of esters is 1. The van der Waals surface area contributed by atoms with E-state index in [1.54, 1.807) is 48.5 Å². The van der Waals surface area contributed by atoms with Crippen LogP contribution in [0.15, 0.2) is 60.7 Å². The topological polar surface area (TPSA) is 90.9 Å². The molecule has 7 heteroatoms. The predicted octanol–water partition coefficient (Wildman–Crippen LogP) is 4.35. The molecule has 0 aliphatic heterocycles. The lowest BCUT2D eigenvalue weighted by Gasteiger charge is -2.12. The Morgan fingerprint density at radius 2 is 1.55 bits per heavy atom. The fourth-order valence-corrected chi connectivity index (χ4v) is 3.20. The summed E-state index contributed by atoms with van der Waals surface area (Å²) in [6, 6.07) is 16.7. The third-order valence-electron chi connectivity index (χ3n) is 5.18. The molecule has 7 nitrogen and oxygen atoms in total. The van der Waals surface area contributed by atoms with Crippen molar-refractivity contribution in [2.75, 3.05) is 26.1 Å². The van der Waals surface area contributed by atoms with Crippen LogP contribution >= 0.6 is 0 Å². The molecule has 0 unspecified atom stereocenters. The maximum Gasteiger partial charge on any atom is 0.339 e. The summed E-state index contributed by atoms with van der Waals surface area (Å²) in [6.07, 6.45) is 0. The van der Waals surface area contributed by atoms with Gasteiger partial charge >= 0.3 is 5.97 Å². The third-order valence-corrected chi connectivity index (χ3v) is 5.18. The van der Waals surface area contributed by atoms with E-state index in [-0.39, 0.29) is 16.9 Å². The van der Waals surface area contributed by atoms with Gasteiger partial charge in [-0.1, -0.05) is 30.3 Å². The molecule has 0 radical (unpaired) electrons. The molecule has 0 aliphatic rings. The van der Waals surface area contributed by atoms with Crippen molar-refractivity contribution in [2.24, 2.45) is 0 Å². The van der Waals surface area contributed by atoms with Gasteiger partial charge in [0.15, 0.2) is 12.4 Å². The second kappa shape index (κ2) is 10.5. The number of nitrogens with one attached hydrogen (secondary N) is 1. The molecule has 33 heavy (non-hydrogen) atoms. The molecule has 0 heterocycles. The summed E-state index contributed by atoms with van der Waals surface area (Å²) in [4.78, 5) is 38.1. The van der Waals surface area contributed by atoms with Crippen molar-refractivity contribution in [1.82, 2.24) is 0 Å². The highest BCUT2D eigenvalue weighted by atomic mass is 16.5. The van der Waals surface area contributed by atoms with Crippen LogP contribution in [0.4, 0.5) is 5.69 Å². The zero-order valence-corrected chi connectivity index (χ0v) is 18.9. The van der Waals surface area contributed by atoms with Gasteiger partial charge in [-0.25, -0.2) is 4.79 Å². The Balaban J connectivity index is 1.72. The van der Waals surface area contributed by atoms with Crippen molar-refractivity contribution in [2.45, 2.75) is 13.8 Å². The molecular formula is C26H25NO6. The molecule has 0 saturated carbocycles. The summed E-state index contributed by atoms with van der Waals surface area (Å²) >= 11 is 0. The molecule has 0 aromatic heterocycles. The molecule has 0 aliphatic carbocycles. The standard InChI is InChI=1S/C26H25NO6/c1-16-9-10-18(13-17(16)2)25(29)20-7-5-6-8-21(20)26(30)33-15-24(28)27-22-14-19(31-3)11-12-23(22)32-4/h5-14H,15H2,1-4H3,(H,27,28). The van der Waals surface area contributed by atoms with Crippen molar-refractivity contribution >= 4 is 23.3 Å². The van der Waals surface area contributed by atoms with E-state index in [4.69, 9.17) is 14.2 Å². The van der Waals surface area contributed by atoms with Crippen LogP contribution in [0.3, 0.4) is 0 Å². The van der Waals surface area contributed by atoms with Gasteiger partial charge < -0.3 is 19.5 Å². The minimum atomic E-state index is -0.768. The molecular weight excluding hydrogens is 422 g/mol. The number of amides is 1. The number of aryl methyl sites for hydroxylation is 2. The highest BCUT2D eigenvalue weighted by Gasteiger charge is 2.20. The number of benzene rings is 3. The van der Waals surface area contributed by atoms with Gasteiger partial charge in [0.25, 0.3) is 5.91 Å². The molecule has 1 amide bonds. The number of hydrogen-bond donors (Lipinski definition) is 1. The van der Waals surface area contributed by atoms with Gasteiger partial charge in [-0.3, -0.25) is 9.59 Å².